The van der Waals surface area contributed by atoms with Crippen LogP contribution in [-0.4, -0.2) is 16.1 Å². The van der Waals surface area contributed by atoms with Gasteiger partial charge in [-0.15, -0.1) is 0 Å². The number of aldehydes is 1. The Morgan fingerprint density at radius 1 is 1.06 bits per heavy atom. The van der Waals surface area contributed by atoms with Crippen molar-refractivity contribution < 1.29 is 4.79 Å². The van der Waals surface area contributed by atoms with Crippen LogP contribution in [0.15, 0.2) is 6.20 Å². The first-order valence-electron chi connectivity index (χ1n) is 7.42. The van der Waals surface area contributed by atoms with E-state index in [0.29, 0.717) is 12.0 Å². The van der Waals surface area contributed by atoms with E-state index in [1.54, 1.807) is 0 Å². The maximum atomic E-state index is 11.2. The summed E-state index contributed by atoms with van der Waals surface area (Å²) in [5.74, 6) is 0.537. The first-order valence-corrected chi connectivity index (χ1v) is 7.42. The predicted octanol–water partition coefficient (Wildman–Crippen LogP) is 3.86. The molecule has 0 bridgehead atoms. The summed E-state index contributed by atoms with van der Waals surface area (Å²) in [4.78, 5) is 11.2. The van der Waals surface area contributed by atoms with Crippen molar-refractivity contribution >= 4 is 6.29 Å². The topological polar surface area (TPSA) is 34.9 Å². The summed E-state index contributed by atoms with van der Waals surface area (Å²) in [6, 6.07) is 0.535. The Labute approximate surface area is 109 Å². The van der Waals surface area contributed by atoms with Gasteiger partial charge >= 0.3 is 0 Å². The van der Waals surface area contributed by atoms with E-state index in [9.17, 15) is 4.79 Å². The molecule has 2 aliphatic rings. The summed E-state index contributed by atoms with van der Waals surface area (Å²) in [7, 11) is 0. The molecule has 1 aromatic heterocycles. The van der Waals surface area contributed by atoms with E-state index in [1.807, 2.05) is 6.20 Å². The molecule has 0 saturated heterocycles. The highest BCUT2D eigenvalue weighted by Gasteiger charge is 2.25. The highest BCUT2D eigenvalue weighted by molar-refractivity contribution is 5.76. The Morgan fingerprint density at radius 2 is 1.72 bits per heavy atom. The van der Waals surface area contributed by atoms with Crippen molar-refractivity contribution in [2.45, 2.75) is 69.7 Å². The Morgan fingerprint density at radius 3 is 2.39 bits per heavy atom. The Kier molecular flexibility index (Phi) is 3.48. The van der Waals surface area contributed by atoms with Crippen LogP contribution in [0.3, 0.4) is 0 Å². The van der Waals surface area contributed by atoms with Crippen molar-refractivity contribution in [1.82, 2.24) is 9.78 Å². The fourth-order valence-corrected chi connectivity index (χ4v) is 3.56. The molecule has 2 saturated carbocycles. The second kappa shape index (κ2) is 5.25. The van der Waals surface area contributed by atoms with Crippen molar-refractivity contribution in [1.29, 1.82) is 0 Å². The number of nitrogens with zero attached hydrogens (tertiary/aromatic N) is 2. The molecule has 0 amide bonds. The fourth-order valence-electron chi connectivity index (χ4n) is 3.56. The van der Waals surface area contributed by atoms with Crippen molar-refractivity contribution in [3.63, 3.8) is 0 Å². The monoisotopic (exact) mass is 246 g/mol. The molecule has 2 aliphatic carbocycles. The van der Waals surface area contributed by atoms with Gasteiger partial charge in [-0.05, 0) is 25.7 Å². The van der Waals surface area contributed by atoms with Crippen molar-refractivity contribution in [3.8, 4) is 0 Å². The second-order valence-corrected chi connectivity index (χ2v) is 5.84. The molecule has 0 spiro atoms. The Balaban J connectivity index is 1.84. The van der Waals surface area contributed by atoms with E-state index in [4.69, 9.17) is 5.10 Å². The van der Waals surface area contributed by atoms with Crippen LogP contribution in [0.25, 0.3) is 0 Å². The van der Waals surface area contributed by atoms with Gasteiger partial charge in [-0.2, -0.15) is 5.10 Å². The molecule has 0 aromatic carbocycles. The van der Waals surface area contributed by atoms with Gasteiger partial charge in [-0.1, -0.05) is 32.1 Å². The maximum absolute atomic E-state index is 11.2. The molecule has 3 heteroatoms. The van der Waals surface area contributed by atoms with Gasteiger partial charge in [0.25, 0.3) is 0 Å². The average molecular weight is 246 g/mol. The molecule has 0 aliphatic heterocycles. The lowest BCUT2D eigenvalue weighted by Gasteiger charge is -2.21. The Bertz CT molecular complexity index is 412. The molecule has 98 valence electrons. The fraction of sp³-hybridized carbons (Fsp3) is 0.733. The third kappa shape index (κ3) is 2.23. The number of carbonyl (C=O) groups excluding carboxylic acids is 1. The van der Waals surface area contributed by atoms with Crippen LogP contribution < -0.4 is 0 Å². The highest BCUT2D eigenvalue weighted by Crippen LogP contribution is 2.36. The molecular formula is C15H22N2O. The van der Waals surface area contributed by atoms with Crippen LogP contribution in [0, 0.1) is 0 Å². The zero-order chi connectivity index (χ0) is 12.4. The summed E-state index contributed by atoms with van der Waals surface area (Å²) >= 11 is 0. The number of carbonyl (C=O) groups is 1. The molecule has 3 nitrogen and oxygen atoms in total. The lowest BCUT2D eigenvalue weighted by atomic mass is 9.96. The van der Waals surface area contributed by atoms with E-state index in [1.165, 1.54) is 57.8 Å². The number of hydrogen-bond donors (Lipinski definition) is 0. The van der Waals surface area contributed by atoms with Gasteiger partial charge in [0.1, 0.15) is 0 Å². The van der Waals surface area contributed by atoms with Crippen molar-refractivity contribution in [2.24, 2.45) is 0 Å². The molecular weight excluding hydrogens is 224 g/mol. The minimum Gasteiger partial charge on any atom is -0.298 e. The third-order valence-corrected chi connectivity index (χ3v) is 4.61. The molecule has 0 unspecified atom stereocenters. The SMILES string of the molecule is O=Cc1cn(C2CCCCC2)nc1C1CCCC1. The number of rotatable bonds is 3. The van der Waals surface area contributed by atoms with Crippen LogP contribution in [0.5, 0.6) is 0 Å². The molecule has 0 radical (unpaired) electrons. The first-order chi connectivity index (χ1) is 8.88. The molecule has 1 heterocycles. The van der Waals surface area contributed by atoms with Gasteiger partial charge in [0, 0.05) is 12.1 Å². The maximum Gasteiger partial charge on any atom is 0.153 e. The zero-order valence-corrected chi connectivity index (χ0v) is 11.0. The zero-order valence-electron chi connectivity index (χ0n) is 11.0. The second-order valence-electron chi connectivity index (χ2n) is 5.84. The summed E-state index contributed by atoms with van der Waals surface area (Å²) in [6.07, 6.45) is 14.4. The first kappa shape index (κ1) is 11.9. The molecule has 2 fully saturated rings. The molecule has 3 rings (SSSR count). The summed E-state index contributed by atoms with van der Waals surface area (Å²) in [6.45, 7) is 0. The molecule has 0 atom stereocenters. The minimum atomic E-state index is 0.535. The van der Waals surface area contributed by atoms with E-state index in [-0.39, 0.29) is 0 Å². The lowest BCUT2D eigenvalue weighted by molar-refractivity contribution is 0.112. The van der Waals surface area contributed by atoms with Crippen LogP contribution in [-0.2, 0) is 0 Å². The standard InChI is InChI=1S/C15H22N2O/c18-11-13-10-17(14-8-2-1-3-9-14)16-15(13)12-6-4-5-7-12/h10-12,14H,1-9H2. The van der Waals surface area contributed by atoms with Gasteiger partial charge in [-0.3, -0.25) is 9.48 Å². The molecule has 18 heavy (non-hydrogen) atoms. The van der Waals surface area contributed by atoms with E-state index < -0.39 is 0 Å². The van der Waals surface area contributed by atoms with Gasteiger partial charge in [-0.25, -0.2) is 0 Å². The van der Waals surface area contributed by atoms with E-state index in [2.05, 4.69) is 4.68 Å². The number of hydrogen-bond acceptors (Lipinski definition) is 2. The van der Waals surface area contributed by atoms with Crippen LogP contribution in [0.2, 0.25) is 0 Å². The van der Waals surface area contributed by atoms with Gasteiger partial charge < -0.3 is 0 Å². The minimum absolute atomic E-state index is 0.535. The summed E-state index contributed by atoms with van der Waals surface area (Å²) in [5.41, 5.74) is 1.92. The quantitative estimate of drug-likeness (QED) is 0.759. The van der Waals surface area contributed by atoms with Gasteiger partial charge in [0.2, 0.25) is 0 Å². The van der Waals surface area contributed by atoms with E-state index >= 15 is 0 Å². The third-order valence-electron chi connectivity index (χ3n) is 4.61. The van der Waals surface area contributed by atoms with Crippen LogP contribution in [0.1, 0.15) is 85.8 Å². The van der Waals surface area contributed by atoms with Gasteiger partial charge in [0.05, 0.1) is 17.3 Å². The Hall–Kier alpha value is -1.12. The van der Waals surface area contributed by atoms with Gasteiger partial charge in [0.15, 0.2) is 6.29 Å². The number of aromatic nitrogens is 2. The summed E-state index contributed by atoms with van der Waals surface area (Å²) < 4.78 is 2.09. The van der Waals surface area contributed by atoms with Crippen LogP contribution in [0.4, 0.5) is 0 Å². The smallest absolute Gasteiger partial charge is 0.153 e. The predicted molar refractivity (Wildman–Crippen MR) is 70.9 cm³/mol. The summed E-state index contributed by atoms with van der Waals surface area (Å²) in [5, 5.41) is 4.77. The normalized spacial score (nSPS) is 22.4. The van der Waals surface area contributed by atoms with Crippen molar-refractivity contribution in [2.75, 3.05) is 0 Å². The largest absolute Gasteiger partial charge is 0.298 e. The molecule has 0 N–H and O–H groups in total. The van der Waals surface area contributed by atoms with E-state index in [0.717, 1.165) is 17.5 Å². The molecule has 1 aromatic rings. The van der Waals surface area contributed by atoms with Crippen molar-refractivity contribution in [3.05, 3.63) is 17.5 Å². The highest BCUT2D eigenvalue weighted by atomic mass is 16.1. The lowest BCUT2D eigenvalue weighted by Crippen LogP contribution is -2.13. The van der Waals surface area contributed by atoms with Crippen LogP contribution >= 0.6 is 0 Å². The average Bonchev–Trinajstić information content (AvgIpc) is 3.08.